The number of para-hydroxylation sites is 1. The average Bonchev–Trinajstić information content (AvgIpc) is 3.12. The molecule has 140 valence electrons. The number of carbonyl (C=O) groups is 1. The van der Waals surface area contributed by atoms with E-state index in [-0.39, 0.29) is 18.3 Å². The van der Waals surface area contributed by atoms with Crippen LogP contribution in [0.25, 0.3) is 0 Å². The molecule has 0 bridgehead atoms. The Bertz CT molecular complexity index is 567. The van der Waals surface area contributed by atoms with Crippen LogP contribution < -0.4 is 10.6 Å². The molecular formula is C19H31ClN4O. The van der Waals surface area contributed by atoms with Gasteiger partial charge in [0.15, 0.2) is 0 Å². The zero-order valence-electron chi connectivity index (χ0n) is 15.4. The van der Waals surface area contributed by atoms with Crippen molar-refractivity contribution in [1.29, 1.82) is 0 Å². The summed E-state index contributed by atoms with van der Waals surface area (Å²) in [6.07, 6.45) is 2.19. The number of nitrogens with zero attached hydrogens (tertiary/aromatic N) is 2. The Morgan fingerprint density at radius 3 is 2.68 bits per heavy atom. The summed E-state index contributed by atoms with van der Waals surface area (Å²) in [5, 5.41) is 6.58. The molecule has 3 rings (SSSR count). The van der Waals surface area contributed by atoms with Crippen molar-refractivity contribution in [2.45, 2.75) is 32.7 Å². The summed E-state index contributed by atoms with van der Waals surface area (Å²) in [5.41, 5.74) is 3.35. The first-order valence-corrected chi connectivity index (χ1v) is 9.23. The van der Waals surface area contributed by atoms with Gasteiger partial charge in [0.05, 0.1) is 6.54 Å². The SMILES string of the molecule is CCc1cccc(C)c1NC(=O)CN1CCN(C2CCNC2)CC1.Cl. The Balaban J connectivity index is 0.00000225. The van der Waals surface area contributed by atoms with Crippen LogP contribution in [0, 0.1) is 6.92 Å². The van der Waals surface area contributed by atoms with E-state index in [2.05, 4.69) is 52.5 Å². The van der Waals surface area contributed by atoms with Gasteiger partial charge in [-0.3, -0.25) is 14.6 Å². The molecular weight excluding hydrogens is 336 g/mol. The van der Waals surface area contributed by atoms with E-state index in [4.69, 9.17) is 0 Å². The van der Waals surface area contributed by atoms with Crippen LogP contribution >= 0.6 is 12.4 Å². The second kappa shape index (κ2) is 9.53. The highest BCUT2D eigenvalue weighted by Crippen LogP contribution is 2.21. The van der Waals surface area contributed by atoms with Crippen LogP contribution in [-0.4, -0.2) is 67.6 Å². The Morgan fingerprint density at radius 2 is 2.04 bits per heavy atom. The van der Waals surface area contributed by atoms with Gasteiger partial charge in [-0.15, -0.1) is 12.4 Å². The Hall–Kier alpha value is -1.14. The number of hydrogen-bond donors (Lipinski definition) is 2. The molecule has 6 heteroatoms. The highest BCUT2D eigenvalue weighted by atomic mass is 35.5. The molecule has 2 aliphatic heterocycles. The van der Waals surface area contributed by atoms with Crippen LogP contribution in [-0.2, 0) is 11.2 Å². The summed E-state index contributed by atoms with van der Waals surface area (Å²) >= 11 is 0. The van der Waals surface area contributed by atoms with Crippen LogP contribution in [0.3, 0.4) is 0 Å². The molecule has 2 N–H and O–H groups in total. The monoisotopic (exact) mass is 366 g/mol. The number of aryl methyl sites for hydroxylation is 2. The molecule has 1 amide bonds. The number of anilines is 1. The van der Waals surface area contributed by atoms with Crippen molar-refractivity contribution in [3.8, 4) is 0 Å². The summed E-state index contributed by atoms with van der Waals surface area (Å²) in [6.45, 7) is 11.1. The van der Waals surface area contributed by atoms with Crippen LogP contribution in [0.15, 0.2) is 18.2 Å². The van der Waals surface area contributed by atoms with Crippen molar-refractivity contribution in [3.63, 3.8) is 0 Å². The summed E-state index contributed by atoms with van der Waals surface area (Å²) in [5.74, 6) is 0.106. The molecule has 5 nitrogen and oxygen atoms in total. The first-order chi connectivity index (χ1) is 11.7. The largest absolute Gasteiger partial charge is 0.324 e. The quantitative estimate of drug-likeness (QED) is 0.835. The minimum Gasteiger partial charge on any atom is -0.324 e. The number of nitrogens with one attached hydrogen (secondary N) is 2. The number of benzene rings is 1. The molecule has 1 atom stereocenters. The molecule has 0 aliphatic carbocycles. The normalized spacial score (nSPS) is 21.8. The Kier molecular flexibility index (Phi) is 7.69. The highest BCUT2D eigenvalue weighted by molar-refractivity contribution is 5.93. The van der Waals surface area contributed by atoms with E-state index < -0.39 is 0 Å². The number of hydrogen-bond acceptors (Lipinski definition) is 4. The van der Waals surface area contributed by atoms with Crippen LogP contribution in [0.4, 0.5) is 5.69 Å². The molecule has 0 saturated carbocycles. The third-order valence-electron chi connectivity index (χ3n) is 5.33. The van der Waals surface area contributed by atoms with Gasteiger partial charge in [0.25, 0.3) is 0 Å². The second-order valence-electron chi connectivity index (χ2n) is 6.97. The van der Waals surface area contributed by atoms with Gasteiger partial charge in [0.1, 0.15) is 0 Å². The molecule has 1 aromatic carbocycles. The fraction of sp³-hybridized carbons (Fsp3) is 0.632. The molecule has 2 fully saturated rings. The van der Waals surface area contributed by atoms with Gasteiger partial charge in [0, 0.05) is 44.5 Å². The number of rotatable bonds is 5. The van der Waals surface area contributed by atoms with Gasteiger partial charge in [-0.2, -0.15) is 0 Å². The fourth-order valence-electron chi connectivity index (χ4n) is 3.82. The lowest BCUT2D eigenvalue weighted by Crippen LogP contribution is -2.52. The van der Waals surface area contributed by atoms with Crippen molar-refractivity contribution in [1.82, 2.24) is 15.1 Å². The average molecular weight is 367 g/mol. The van der Waals surface area contributed by atoms with E-state index in [0.717, 1.165) is 56.9 Å². The second-order valence-corrected chi connectivity index (χ2v) is 6.97. The predicted molar refractivity (Wildman–Crippen MR) is 106 cm³/mol. The van der Waals surface area contributed by atoms with Crippen LogP contribution in [0.2, 0.25) is 0 Å². The zero-order valence-corrected chi connectivity index (χ0v) is 16.2. The van der Waals surface area contributed by atoms with Gasteiger partial charge < -0.3 is 10.6 Å². The minimum atomic E-state index is 0. The van der Waals surface area contributed by atoms with Crippen LogP contribution in [0.1, 0.15) is 24.5 Å². The summed E-state index contributed by atoms with van der Waals surface area (Å²) in [4.78, 5) is 17.3. The summed E-state index contributed by atoms with van der Waals surface area (Å²) in [6, 6.07) is 6.90. The van der Waals surface area contributed by atoms with E-state index in [1.54, 1.807) is 0 Å². The Morgan fingerprint density at radius 1 is 1.28 bits per heavy atom. The van der Waals surface area contributed by atoms with Gasteiger partial charge in [-0.1, -0.05) is 25.1 Å². The van der Waals surface area contributed by atoms with Crippen molar-refractivity contribution in [2.75, 3.05) is 51.1 Å². The topological polar surface area (TPSA) is 47.6 Å². The smallest absolute Gasteiger partial charge is 0.238 e. The number of amides is 1. The van der Waals surface area contributed by atoms with Crippen molar-refractivity contribution >= 4 is 24.0 Å². The Labute approximate surface area is 157 Å². The molecule has 0 radical (unpaired) electrons. The van der Waals surface area contributed by atoms with E-state index in [1.165, 1.54) is 12.0 Å². The lowest BCUT2D eigenvalue weighted by atomic mass is 10.1. The first kappa shape index (κ1) is 20.2. The van der Waals surface area contributed by atoms with E-state index >= 15 is 0 Å². The molecule has 25 heavy (non-hydrogen) atoms. The summed E-state index contributed by atoms with van der Waals surface area (Å²) < 4.78 is 0. The maximum absolute atomic E-state index is 12.5. The molecule has 0 spiro atoms. The standard InChI is InChI=1S/C19H30N4O.ClH/c1-3-16-6-4-5-15(2)19(16)21-18(24)14-22-9-11-23(12-10-22)17-7-8-20-13-17;/h4-6,17,20H,3,7-14H2,1-2H3,(H,21,24);1H. The lowest BCUT2D eigenvalue weighted by molar-refractivity contribution is -0.117. The van der Waals surface area contributed by atoms with E-state index in [0.29, 0.717) is 12.6 Å². The zero-order chi connectivity index (χ0) is 16.9. The van der Waals surface area contributed by atoms with E-state index in [9.17, 15) is 4.79 Å². The molecule has 2 aliphatic rings. The molecule has 1 unspecified atom stereocenters. The highest BCUT2D eigenvalue weighted by Gasteiger charge is 2.26. The first-order valence-electron chi connectivity index (χ1n) is 9.23. The van der Waals surface area contributed by atoms with Crippen molar-refractivity contribution < 1.29 is 4.79 Å². The van der Waals surface area contributed by atoms with E-state index in [1.807, 2.05) is 0 Å². The molecule has 2 heterocycles. The van der Waals surface area contributed by atoms with Gasteiger partial charge >= 0.3 is 0 Å². The number of carbonyl (C=O) groups excluding carboxylic acids is 1. The van der Waals surface area contributed by atoms with Crippen molar-refractivity contribution in [2.24, 2.45) is 0 Å². The van der Waals surface area contributed by atoms with Crippen LogP contribution in [0.5, 0.6) is 0 Å². The maximum Gasteiger partial charge on any atom is 0.238 e. The number of piperazine rings is 1. The van der Waals surface area contributed by atoms with Crippen molar-refractivity contribution in [3.05, 3.63) is 29.3 Å². The maximum atomic E-state index is 12.5. The minimum absolute atomic E-state index is 0. The molecule has 1 aromatic rings. The predicted octanol–water partition coefficient (Wildman–Crippen LogP) is 1.90. The third-order valence-corrected chi connectivity index (χ3v) is 5.33. The van der Waals surface area contributed by atoms with Gasteiger partial charge in [-0.25, -0.2) is 0 Å². The fourth-order valence-corrected chi connectivity index (χ4v) is 3.82. The van der Waals surface area contributed by atoms with Gasteiger partial charge in [-0.05, 0) is 37.4 Å². The lowest BCUT2D eigenvalue weighted by Gasteiger charge is -2.37. The summed E-state index contributed by atoms with van der Waals surface area (Å²) in [7, 11) is 0. The molecule has 2 saturated heterocycles. The molecule has 0 aromatic heterocycles. The number of halogens is 1. The third kappa shape index (κ3) is 5.17. The van der Waals surface area contributed by atoms with Gasteiger partial charge in [0.2, 0.25) is 5.91 Å².